The van der Waals surface area contributed by atoms with E-state index in [1.165, 1.54) is 36.0 Å². The molecule has 0 amide bonds. The van der Waals surface area contributed by atoms with Gasteiger partial charge in [-0.15, -0.1) is 16.9 Å². The molecular formula is C19H19F2N3OS. The Morgan fingerprint density at radius 2 is 1.69 bits per heavy atom. The van der Waals surface area contributed by atoms with E-state index >= 15 is 0 Å². The van der Waals surface area contributed by atoms with Crippen LogP contribution < -0.4 is 0 Å². The predicted molar refractivity (Wildman–Crippen MR) is 96.6 cm³/mol. The number of rotatable bonds is 7. The summed E-state index contributed by atoms with van der Waals surface area (Å²) in [5.74, 6) is -0.234. The molecule has 0 saturated heterocycles. The molecule has 3 rings (SSSR count). The van der Waals surface area contributed by atoms with E-state index in [9.17, 15) is 13.9 Å². The van der Waals surface area contributed by atoms with Gasteiger partial charge in [-0.3, -0.25) is 0 Å². The largest absolute Gasteiger partial charge is 0.383 e. The first kappa shape index (κ1) is 18.5. The van der Waals surface area contributed by atoms with Gasteiger partial charge in [-0.05, 0) is 42.0 Å². The summed E-state index contributed by atoms with van der Waals surface area (Å²) in [6, 6.07) is 12.1. The normalized spacial score (nSPS) is 14.8. The van der Waals surface area contributed by atoms with Gasteiger partial charge >= 0.3 is 0 Å². The van der Waals surface area contributed by atoms with Crippen molar-refractivity contribution in [2.24, 2.45) is 5.92 Å². The van der Waals surface area contributed by atoms with Gasteiger partial charge in [0, 0.05) is 22.8 Å². The summed E-state index contributed by atoms with van der Waals surface area (Å²) in [6.07, 6.45) is 3.22. The van der Waals surface area contributed by atoms with Crippen molar-refractivity contribution in [3.63, 3.8) is 0 Å². The van der Waals surface area contributed by atoms with Crippen molar-refractivity contribution < 1.29 is 13.9 Å². The second kappa shape index (κ2) is 7.97. The molecule has 0 radical (unpaired) electrons. The molecule has 0 aliphatic rings. The van der Waals surface area contributed by atoms with Crippen molar-refractivity contribution in [3.05, 3.63) is 78.1 Å². The predicted octanol–water partition coefficient (Wildman–Crippen LogP) is 3.87. The zero-order chi connectivity index (χ0) is 18.6. The number of benzene rings is 2. The van der Waals surface area contributed by atoms with Crippen LogP contribution in [0.2, 0.25) is 0 Å². The van der Waals surface area contributed by atoms with Crippen LogP contribution in [-0.2, 0) is 12.1 Å². The molecule has 0 spiro atoms. The maximum atomic E-state index is 13.3. The van der Waals surface area contributed by atoms with Crippen LogP contribution in [0.1, 0.15) is 12.5 Å². The lowest BCUT2D eigenvalue weighted by atomic mass is 9.83. The van der Waals surface area contributed by atoms with E-state index in [2.05, 4.69) is 10.3 Å². The van der Waals surface area contributed by atoms with E-state index in [1.807, 2.05) is 6.92 Å². The molecule has 2 unspecified atom stereocenters. The minimum Gasteiger partial charge on any atom is -0.383 e. The molecule has 0 bridgehead atoms. The van der Waals surface area contributed by atoms with Crippen molar-refractivity contribution in [2.45, 2.75) is 24.0 Å². The standard InChI is InChI=1S/C19H19F2N3OS/c1-14(12-26-18-8-6-17(21)7-9-18)19(25,13-24-11-10-22-23-24)15-2-4-16(20)5-3-15/h2-11,14,25H,12-13H2,1H3. The highest BCUT2D eigenvalue weighted by Gasteiger charge is 2.36. The number of aromatic nitrogens is 3. The van der Waals surface area contributed by atoms with Crippen molar-refractivity contribution in [1.29, 1.82) is 0 Å². The molecule has 26 heavy (non-hydrogen) atoms. The highest BCUT2D eigenvalue weighted by molar-refractivity contribution is 7.99. The minimum absolute atomic E-state index is 0.188. The first-order valence-electron chi connectivity index (χ1n) is 8.18. The van der Waals surface area contributed by atoms with Crippen LogP contribution in [0.3, 0.4) is 0 Å². The fourth-order valence-corrected chi connectivity index (χ4v) is 3.77. The Balaban J connectivity index is 1.81. The third-order valence-corrected chi connectivity index (χ3v) is 5.62. The summed E-state index contributed by atoms with van der Waals surface area (Å²) >= 11 is 1.53. The van der Waals surface area contributed by atoms with Gasteiger partial charge in [0.25, 0.3) is 0 Å². The molecule has 2 aromatic carbocycles. The number of hydrogen-bond acceptors (Lipinski definition) is 4. The van der Waals surface area contributed by atoms with Crippen molar-refractivity contribution in [3.8, 4) is 0 Å². The van der Waals surface area contributed by atoms with Crippen molar-refractivity contribution >= 4 is 11.8 Å². The van der Waals surface area contributed by atoms with E-state index in [4.69, 9.17) is 0 Å². The number of hydrogen-bond donors (Lipinski definition) is 1. The summed E-state index contributed by atoms with van der Waals surface area (Å²) in [4.78, 5) is 0.917. The molecular weight excluding hydrogens is 356 g/mol. The lowest BCUT2D eigenvalue weighted by molar-refractivity contribution is -0.0281. The van der Waals surface area contributed by atoms with Crippen LogP contribution >= 0.6 is 11.8 Å². The smallest absolute Gasteiger partial charge is 0.123 e. The third-order valence-electron chi connectivity index (χ3n) is 4.35. The van der Waals surface area contributed by atoms with Crippen molar-refractivity contribution in [2.75, 3.05) is 5.75 Å². The van der Waals surface area contributed by atoms with Gasteiger partial charge in [-0.2, -0.15) is 0 Å². The third kappa shape index (κ3) is 4.28. The van der Waals surface area contributed by atoms with Crippen molar-refractivity contribution in [1.82, 2.24) is 15.0 Å². The second-order valence-electron chi connectivity index (χ2n) is 6.20. The Bertz CT molecular complexity index is 825. The molecule has 1 heterocycles. The van der Waals surface area contributed by atoms with Crippen LogP contribution in [0.15, 0.2) is 65.8 Å². The molecule has 1 aromatic heterocycles. The van der Waals surface area contributed by atoms with Crippen LogP contribution in [0, 0.1) is 17.6 Å². The second-order valence-corrected chi connectivity index (χ2v) is 7.29. The topological polar surface area (TPSA) is 50.9 Å². The molecule has 0 aliphatic carbocycles. The quantitative estimate of drug-likeness (QED) is 0.637. The zero-order valence-electron chi connectivity index (χ0n) is 14.2. The lowest BCUT2D eigenvalue weighted by Gasteiger charge is -2.34. The Hall–Kier alpha value is -2.25. The molecule has 0 fully saturated rings. The minimum atomic E-state index is -1.26. The van der Waals surface area contributed by atoms with Crippen LogP contribution in [0.25, 0.3) is 0 Å². The molecule has 136 valence electrons. The molecule has 0 aliphatic heterocycles. The molecule has 4 nitrogen and oxygen atoms in total. The van der Waals surface area contributed by atoms with Gasteiger partial charge in [0.05, 0.1) is 12.7 Å². The highest BCUT2D eigenvalue weighted by Crippen LogP contribution is 2.35. The first-order chi connectivity index (χ1) is 12.5. The number of halogens is 2. The fraction of sp³-hybridized carbons (Fsp3) is 0.263. The highest BCUT2D eigenvalue weighted by atomic mass is 32.2. The van der Waals surface area contributed by atoms with Gasteiger partial charge in [0.15, 0.2) is 0 Å². The summed E-state index contributed by atoms with van der Waals surface area (Å²) < 4.78 is 27.9. The van der Waals surface area contributed by atoms with E-state index in [1.54, 1.807) is 41.3 Å². The molecule has 1 N–H and O–H groups in total. The van der Waals surface area contributed by atoms with Gasteiger partial charge in [0.2, 0.25) is 0 Å². The summed E-state index contributed by atoms with van der Waals surface area (Å²) in [5, 5.41) is 19.2. The van der Waals surface area contributed by atoms with Gasteiger partial charge < -0.3 is 5.11 Å². The summed E-state index contributed by atoms with van der Waals surface area (Å²) in [6.45, 7) is 2.13. The number of nitrogens with zero attached hydrogens (tertiary/aromatic N) is 3. The first-order valence-corrected chi connectivity index (χ1v) is 9.17. The Morgan fingerprint density at radius 1 is 1.08 bits per heavy atom. The Labute approximate surface area is 154 Å². The van der Waals surface area contributed by atoms with Crippen LogP contribution in [-0.4, -0.2) is 25.9 Å². The molecule has 3 aromatic rings. The molecule has 2 atom stereocenters. The average Bonchev–Trinajstić information content (AvgIpc) is 3.14. The van der Waals surface area contributed by atoms with E-state index in [-0.39, 0.29) is 24.1 Å². The summed E-state index contributed by atoms with van der Waals surface area (Å²) in [5.41, 5.74) is -0.643. The maximum absolute atomic E-state index is 13.3. The van der Waals surface area contributed by atoms with E-state index in [0.717, 1.165) is 4.90 Å². The SMILES string of the molecule is CC(CSc1ccc(F)cc1)C(O)(Cn1ccnn1)c1ccc(F)cc1. The monoisotopic (exact) mass is 375 g/mol. The fourth-order valence-electron chi connectivity index (χ4n) is 2.72. The Kier molecular flexibility index (Phi) is 5.68. The van der Waals surface area contributed by atoms with Gasteiger partial charge in [-0.25, -0.2) is 13.5 Å². The maximum Gasteiger partial charge on any atom is 0.123 e. The summed E-state index contributed by atoms with van der Waals surface area (Å²) in [7, 11) is 0. The number of thioether (sulfide) groups is 1. The average molecular weight is 375 g/mol. The van der Waals surface area contributed by atoms with E-state index < -0.39 is 5.60 Å². The molecule has 7 heteroatoms. The zero-order valence-corrected chi connectivity index (χ0v) is 15.0. The van der Waals surface area contributed by atoms with Crippen LogP contribution in [0.4, 0.5) is 8.78 Å². The van der Waals surface area contributed by atoms with Crippen LogP contribution in [0.5, 0.6) is 0 Å². The Morgan fingerprint density at radius 3 is 2.27 bits per heavy atom. The number of aliphatic hydroxyl groups is 1. The van der Waals surface area contributed by atoms with Gasteiger partial charge in [0.1, 0.15) is 17.2 Å². The molecule has 0 saturated carbocycles. The van der Waals surface area contributed by atoms with Gasteiger partial charge in [-0.1, -0.05) is 24.3 Å². The lowest BCUT2D eigenvalue weighted by Crippen LogP contribution is -2.39. The van der Waals surface area contributed by atoms with E-state index in [0.29, 0.717) is 11.3 Å².